The average Bonchev–Trinajstić information content (AvgIpc) is 2.85. The molecule has 0 bridgehead atoms. The van der Waals surface area contributed by atoms with E-state index in [1.54, 1.807) is 12.1 Å². The van der Waals surface area contributed by atoms with Crippen molar-refractivity contribution >= 4 is 34.3 Å². The summed E-state index contributed by atoms with van der Waals surface area (Å²) in [5.41, 5.74) is 1.56. The summed E-state index contributed by atoms with van der Waals surface area (Å²) in [7, 11) is 0. The molecule has 2 aromatic rings. The smallest absolute Gasteiger partial charge is 0.295 e. The summed E-state index contributed by atoms with van der Waals surface area (Å²) in [6.45, 7) is 2.64. The van der Waals surface area contributed by atoms with E-state index in [2.05, 4.69) is 0 Å². The Bertz CT molecular complexity index is 676. The molecule has 1 atom stereocenters. The fourth-order valence-electron chi connectivity index (χ4n) is 2.51. The third kappa shape index (κ3) is 2.60. The fourth-order valence-corrected chi connectivity index (χ4v) is 3.60. The number of hydrogen-bond acceptors (Lipinski definition) is 4. The molecule has 1 heterocycles. The van der Waals surface area contributed by atoms with Gasteiger partial charge in [-0.15, -0.1) is 0 Å². The van der Waals surface area contributed by atoms with E-state index in [-0.39, 0.29) is 11.1 Å². The molecular formula is C17H16N2O2S. The van der Waals surface area contributed by atoms with Gasteiger partial charge in [0.05, 0.1) is 5.69 Å². The zero-order valence-corrected chi connectivity index (χ0v) is 13.0. The van der Waals surface area contributed by atoms with Crippen molar-refractivity contribution in [2.24, 2.45) is 0 Å². The Morgan fingerprint density at radius 2 is 1.59 bits per heavy atom. The lowest BCUT2D eigenvalue weighted by Crippen LogP contribution is -2.41. The van der Waals surface area contributed by atoms with Crippen molar-refractivity contribution in [3.8, 4) is 0 Å². The van der Waals surface area contributed by atoms with Gasteiger partial charge in [0.1, 0.15) is 0 Å². The molecule has 0 unspecified atom stereocenters. The van der Waals surface area contributed by atoms with Crippen LogP contribution in [-0.4, -0.2) is 23.1 Å². The number of carbonyl (C=O) groups is 2. The number of carbonyl (C=O) groups excluding carboxylic acids is 2. The van der Waals surface area contributed by atoms with Crippen LogP contribution in [0.15, 0.2) is 60.7 Å². The molecule has 0 aliphatic carbocycles. The summed E-state index contributed by atoms with van der Waals surface area (Å²) in [4.78, 5) is 28.2. The molecular weight excluding hydrogens is 296 g/mol. The van der Waals surface area contributed by atoms with E-state index in [1.165, 1.54) is 4.90 Å². The van der Waals surface area contributed by atoms with Gasteiger partial charge in [-0.25, -0.2) is 4.90 Å². The van der Waals surface area contributed by atoms with Crippen molar-refractivity contribution in [1.82, 2.24) is 0 Å². The highest BCUT2D eigenvalue weighted by molar-refractivity contribution is 8.16. The molecule has 0 N–H and O–H groups in total. The van der Waals surface area contributed by atoms with Crippen LogP contribution in [0.3, 0.4) is 0 Å². The minimum absolute atomic E-state index is 0.188. The summed E-state index contributed by atoms with van der Waals surface area (Å²) in [6.07, 6.45) is 0. The Hall–Kier alpha value is -2.27. The Morgan fingerprint density at radius 1 is 1.00 bits per heavy atom. The molecule has 0 saturated carbocycles. The Labute approximate surface area is 133 Å². The highest BCUT2D eigenvalue weighted by Gasteiger charge is 2.43. The van der Waals surface area contributed by atoms with Crippen molar-refractivity contribution in [2.45, 2.75) is 12.3 Å². The van der Waals surface area contributed by atoms with Crippen molar-refractivity contribution in [2.75, 3.05) is 16.3 Å². The normalized spacial score (nSPS) is 17.9. The molecule has 112 valence electrons. The van der Waals surface area contributed by atoms with Crippen molar-refractivity contribution < 1.29 is 9.59 Å². The first-order valence-corrected chi connectivity index (χ1v) is 8.01. The molecule has 0 radical (unpaired) electrons. The van der Waals surface area contributed by atoms with E-state index >= 15 is 0 Å². The van der Waals surface area contributed by atoms with Crippen molar-refractivity contribution in [1.29, 1.82) is 0 Å². The van der Waals surface area contributed by atoms with Gasteiger partial charge in [-0.3, -0.25) is 9.59 Å². The molecule has 4 nitrogen and oxygen atoms in total. The van der Waals surface area contributed by atoms with E-state index in [9.17, 15) is 9.59 Å². The van der Waals surface area contributed by atoms with Crippen LogP contribution in [0.2, 0.25) is 0 Å². The maximum Gasteiger partial charge on any atom is 0.295 e. The summed E-state index contributed by atoms with van der Waals surface area (Å²) >= 11 is 1.07. The number of amides is 2. The summed E-state index contributed by atoms with van der Waals surface area (Å²) < 4.78 is 0. The molecule has 2 amide bonds. The lowest BCUT2D eigenvalue weighted by molar-refractivity contribution is -0.117. The number of thioether (sulfide) groups is 1. The highest BCUT2D eigenvalue weighted by Crippen LogP contribution is 2.35. The highest BCUT2D eigenvalue weighted by atomic mass is 32.2. The van der Waals surface area contributed by atoms with Gasteiger partial charge in [0.2, 0.25) is 0 Å². The molecule has 1 aliphatic heterocycles. The number of likely N-dealkylation sites (N-methyl/N-ethyl adjacent to an activating group) is 1. The minimum Gasteiger partial charge on any atom is -0.351 e. The SMILES string of the molecule is CCN(c1ccccc1)[C@H]1SC(=O)N(c2ccccc2)C1=O. The number of hydrogen-bond donors (Lipinski definition) is 0. The molecule has 0 spiro atoms. The second-order valence-corrected chi connectivity index (χ2v) is 5.90. The minimum atomic E-state index is -0.514. The van der Waals surface area contributed by atoms with Crippen LogP contribution in [0, 0.1) is 0 Å². The number of imide groups is 1. The molecule has 1 aliphatic rings. The number of para-hydroxylation sites is 2. The second kappa shape index (κ2) is 6.23. The Morgan fingerprint density at radius 3 is 2.18 bits per heavy atom. The Balaban J connectivity index is 1.90. The van der Waals surface area contributed by atoms with Gasteiger partial charge in [-0.05, 0) is 43.0 Å². The van der Waals surface area contributed by atoms with Gasteiger partial charge in [0, 0.05) is 12.2 Å². The van der Waals surface area contributed by atoms with Crippen LogP contribution in [-0.2, 0) is 4.79 Å². The first-order chi connectivity index (χ1) is 10.7. The van der Waals surface area contributed by atoms with Crippen LogP contribution in [0.5, 0.6) is 0 Å². The van der Waals surface area contributed by atoms with Crippen molar-refractivity contribution in [3.05, 3.63) is 60.7 Å². The van der Waals surface area contributed by atoms with Crippen LogP contribution >= 0.6 is 11.8 Å². The molecule has 22 heavy (non-hydrogen) atoms. The van der Waals surface area contributed by atoms with E-state index in [0.29, 0.717) is 12.2 Å². The maximum absolute atomic E-state index is 12.7. The summed E-state index contributed by atoms with van der Waals surface area (Å²) in [5, 5.41) is -0.740. The van der Waals surface area contributed by atoms with Crippen LogP contribution in [0.1, 0.15) is 6.92 Å². The predicted octanol–water partition coefficient (Wildman–Crippen LogP) is 3.74. The number of nitrogens with zero attached hydrogens (tertiary/aromatic N) is 2. The molecule has 5 heteroatoms. The van der Waals surface area contributed by atoms with Crippen LogP contribution in [0.25, 0.3) is 0 Å². The Kier molecular flexibility index (Phi) is 4.15. The largest absolute Gasteiger partial charge is 0.351 e. The quantitative estimate of drug-likeness (QED) is 0.862. The fraction of sp³-hybridized carbons (Fsp3) is 0.176. The van der Waals surface area contributed by atoms with Gasteiger partial charge in [-0.1, -0.05) is 36.4 Å². The zero-order valence-electron chi connectivity index (χ0n) is 12.2. The van der Waals surface area contributed by atoms with E-state index in [1.807, 2.05) is 60.4 Å². The third-order valence-corrected chi connectivity index (χ3v) is 4.62. The number of rotatable bonds is 4. The standard InChI is InChI=1S/C17H16N2O2S/c1-2-18(13-9-5-3-6-10-13)16-15(20)19(17(21)22-16)14-11-7-4-8-12-14/h3-12,16H,2H2,1H3/t16-/m0/s1. The summed E-state index contributed by atoms with van der Waals surface area (Å²) in [5.74, 6) is -0.188. The number of benzene rings is 2. The van der Waals surface area contributed by atoms with Gasteiger partial charge in [0.25, 0.3) is 11.1 Å². The maximum atomic E-state index is 12.7. The topological polar surface area (TPSA) is 40.6 Å². The average molecular weight is 312 g/mol. The van der Waals surface area contributed by atoms with E-state index < -0.39 is 5.37 Å². The van der Waals surface area contributed by atoms with E-state index in [0.717, 1.165) is 17.4 Å². The van der Waals surface area contributed by atoms with Gasteiger partial charge in [-0.2, -0.15) is 0 Å². The molecule has 0 aromatic heterocycles. The lowest BCUT2D eigenvalue weighted by atomic mass is 10.2. The predicted molar refractivity (Wildman–Crippen MR) is 90.2 cm³/mol. The molecule has 2 aromatic carbocycles. The third-order valence-electron chi connectivity index (χ3n) is 3.55. The molecule has 1 saturated heterocycles. The van der Waals surface area contributed by atoms with Crippen LogP contribution < -0.4 is 9.80 Å². The first-order valence-electron chi connectivity index (χ1n) is 7.13. The van der Waals surface area contributed by atoms with Crippen LogP contribution in [0.4, 0.5) is 16.2 Å². The summed E-state index contributed by atoms with van der Waals surface area (Å²) in [6, 6.07) is 18.8. The zero-order chi connectivity index (χ0) is 15.5. The lowest BCUT2D eigenvalue weighted by Gasteiger charge is -2.27. The van der Waals surface area contributed by atoms with Gasteiger partial charge < -0.3 is 4.90 Å². The van der Waals surface area contributed by atoms with Gasteiger partial charge >= 0.3 is 0 Å². The number of anilines is 2. The first kappa shape index (κ1) is 14.7. The molecule has 3 rings (SSSR count). The molecule has 1 fully saturated rings. The van der Waals surface area contributed by atoms with Gasteiger partial charge in [0.15, 0.2) is 5.37 Å². The monoisotopic (exact) mass is 312 g/mol. The van der Waals surface area contributed by atoms with E-state index in [4.69, 9.17) is 0 Å². The van der Waals surface area contributed by atoms with Crippen molar-refractivity contribution in [3.63, 3.8) is 0 Å². The second-order valence-electron chi connectivity index (χ2n) is 4.87.